The van der Waals surface area contributed by atoms with Gasteiger partial charge in [0.1, 0.15) is 5.82 Å². The SMILES string of the molecule is COCCNS(=O)(=O)c1cccc(C(=O)NC(c2ccc(F)cc2)C2CCCC2)c1. The summed E-state index contributed by atoms with van der Waals surface area (Å²) >= 11 is 0. The maximum absolute atomic E-state index is 13.4. The second-order valence-electron chi connectivity index (χ2n) is 7.47. The summed E-state index contributed by atoms with van der Waals surface area (Å²) < 4.78 is 45.5. The zero-order valence-electron chi connectivity index (χ0n) is 16.9. The van der Waals surface area contributed by atoms with Crippen molar-refractivity contribution in [3.63, 3.8) is 0 Å². The van der Waals surface area contributed by atoms with Gasteiger partial charge in [-0.05, 0) is 54.7 Å². The predicted octanol–water partition coefficient (Wildman–Crippen LogP) is 3.41. The molecule has 1 fully saturated rings. The van der Waals surface area contributed by atoms with Crippen LogP contribution in [0.5, 0.6) is 0 Å². The number of carbonyl (C=O) groups excluding carboxylic acids is 1. The molecule has 30 heavy (non-hydrogen) atoms. The maximum Gasteiger partial charge on any atom is 0.251 e. The van der Waals surface area contributed by atoms with E-state index in [9.17, 15) is 17.6 Å². The minimum absolute atomic E-state index is 0.0189. The number of amides is 1. The summed E-state index contributed by atoms with van der Waals surface area (Å²) in [5, 5.41) is 3.05. The van der Waals surface area contributed by atoms with Gasteiger partial charge in [-0.2, -0.15) is 0 Å². The monoisotopic (exact) mass is 434 g/mol. The molecule has 1 atom stereocenters. The van der Waals surface area contributed by atoms with Gasteiger partial charge in [0.25, 0.3) is 5.91 Å². The molecule has 8 heteroatoms. The van der Waals surface area contributed by atoms with Gasteiger partial charge < -0.3 is 10.1 Å². The molecular formula is C22H27FN2O4S. The van der Waals surface area contributed by atoms with Crippen LogP contribution in [0.2, 0.25) is 0 Å². The fourth-order valence-corrected chi connectivity index (χ4v) is 4.88. The van der Waals surface area contributed by atoms with Crippen molar-refractivity contribution in [3.8, 4) is 0 Å². The van der Waals surface area contributed by atoms with Crippen molar-refractivity contribution in [2.24, 2.45) is 5.92 Å². The lowest BCUT2D eigenvalue weighted by atomic mass is 9.91. The zero-order valence-corrected chi connectivity index (χ0v) is 17.8. The van der Waals surface area contributed by atoms with Crippen LogP contribution < -0.4 is 10.0 Å². The molecular weight excluding hydrogens is 407 g/mol. The summed E-state index contributed by atoms with van der Waals surface area (Å²) in [7, 11) is -2.25. The van der Waals surface area contributed by atoms with Crippen molar-refractivity contribution < 1.29 is 22.3 Å². The molecule has 162 valence electrons. The standard InChI is InChI=1S/C22H27FN2O4S/c1-29-14-13-24-30(27,28)20-8-4-7-18(15-20)22(26)25-21(16-5-2-3-6-16)17-9-11-19(23)12-10-17/h4,7-12,15-16,21,24H,2-3,5-6,13-14H2,1H3,(H,25,26). The van der Waals surface area contributed by atoms with Crippen molar-refractivity contribution in [1.29, 1.82) is 0 Å². The molecule has 0 aliphatic heterocycles. The van der Waals surface area contributed by atoms with Crippen LogP contribution in [0.3, 0.4) is 0 Å². The van der Waals surface area contributed by atoms with Crippen molar-refractivity contribution in [3.05, 3.63) is 65.5 Å². The maximum atomic E-state index is 13.4. The van der Waals surface area contributed by atoms with E-state index in [1.807, 2.05) is 0 Å². The first kappa shape index (κ1) is 22.4. The van der Waals surface area contributed by atoms with E-state index in [0.29, 0.717) is 0 Å². The summed E-state index contributed by atoms with van der Waals surface area (Å²) in [6.45, 7) is 0.393. The van der Waals surface area contributed by atoms with E-state index in [-0.39, 0.29) is 47.3 Å². The third kappa shape index (κ3) is 5.65. The number of hydrogen-bond acceptors (Lipinski definition) is 4. The molecule has 1 unspecified atom stereocenters. The van der Waals surface area contributed by atoms with Gasteiger partial charge in [0.2, 0.25) is 10.0 Å². The highest BCUT2D eigenvalue weighted by molar-refractivity contribution is 7.89. The molecule has 0 spiro atoms. The van der Waals surface area contributed by atoms with Gasteiger partial charge >= 0.3 is 0 Å². The Hall–Kier alpha value is -2.29. The number of halogens is 1. The highest BCUT2D eigenvalue weighted by Crippen LogP contribution is 2.36. The van der Waals surface area contributed by atoms with E-state index in [0.717, 1.165) is 31.2 Å². The van der Waals surface area contributed by atoms with Crippen LogP contribution in [0.15, 0.2) is 53.4 Å². The van der Waals surface area contributed by atoms with Crippen LogP contribution in [-0.4, -0.2) is 34.6 Å². The molecule has 0 aromatic heterocycles. The summed E-state index contributed by atoms with van der Waals surface area (Å²) in [5.41, 5.74) is 1.11. The number of nitrogens with one attached hydrogen (secondary N) is 2. The lowest BCUT2D eigenvalue weighted by Gasteiger charge is -2.25. The topological polar surface area (TPSA) is 84.5 Å². The Kier molecular flexibility index (Phi) is 7.58. The smallest absolute Gasteiger partial charge is 0.251 e. The molecule has 0 bridgehead atoms. The van der Waals surface area contributed by atoms with E-state index in [4.69, 9.17) is 4.74 Å². The normalized spacial score (nSPS) is 15.8. The highest BCUT2D eigenvalue weighted by atomic mass is 32.2. The highest BCUT2D eigenvalue weighted by Gasteiger charge is 2.28. The van der Waals surface area contributed by atoms with Crippen LogP contribution in [-0.2, 0) is 14.8 Å². The number of sulfonamides is 1. The Labute approximate surface area is 176 Å². The van der Waals surface area contributed by atoms with Crippen LogP contribution in [0.4, 0.5) is 4.39 Å². The first-order valence-electron chi connectivity index (χ1n) is 10.1. The average molecular weight is 435 g/mol. The Morgan fingerprint density at radius 2 is 1.87 bits per heavy atom. The fraction of sp³-hybridized carbons (Fsp3) is 0.409. The number of methoxy groups -OCH3 is 1. The van der Waals surface area contributed by atoms with Gasteiger partial charge in [-0.15, -0.1) is 0 Å². The van der Waals surface area contributed by atoms with E-state index in [1.54, 1.807) is 24.3 Å². The molecule has 1 aliphatic carbocycles. The minimum Gasteiger partial charge on any atom is -0.383 e. The van der Waals surface area contributed by atoms with E-state index in [1.165, 1.54) is 31.4 Å². The minimum atomic E-state index is -3.74. The first-order valence-corrected chi connectivity index (χ1v) is 11.5. The van der Waals surface area contributed by atoms with Crippen molar-refractivity contribution >= 4 is 15.9 Å². The number of hydrogen-bond donors (Lipinski definition) is 2. The third-order valence-corrected chi connectivity index (χ3v) is 6.85. The Balaban J connectivity index is 1.79. The van der Waals surface area contributed by atoms with Crippen molar-refractivity contribution in [2.45, 2.75) is 36.6 Å². The van der Waals surface area contributed by atoms with Gasteiger partial charge in [0.15, 0.2) is 0 Å². The fourth-order valence-electron chi connectivity index (χ4n) is 3.82. The summed E-state index contributed by atoms with van der Waals surface area (Å²) in [5.74, 6) is -0.415. The van der Waals surface area contributed by atoms with Gasteiger partial charge in [-0.25, -0.2) is 17.5 Å². The molecule has 1 saturated carbocycles. The van der Waals surface area contributed by atoms with Crippen LogP contribution in [0.25, 0.3) is 0 Å². The Morgan fingerprint density at radius 1 is 1.17 bits per heavy atom. The van der Waals surface area contributed by atoms with Crippen LogP contribution >= 0.6 is 0 Å². The van der Waals surface area contributed by atoms with Gasteiger partial charge in [0, 0.05) is 19.2 Å². The lowest BCUT2D eigenvalue weighted by molar-refractivity contribution is 0.0921. The molecule has 6 nitrogen and oxygen atoms in total. The average Bonchev–Trinajstić information content (AvgIpc) is 3.27. The molecule has 0 radical (unpaired) electrons. The molecule has 2 aromatic carbocycles. The van der Waals surface area contributed by atoms with Crippen molar-refractivity contribution in [2.75, 3.05) is 20.3 Å². The van der Waals surface area contributed by atoms with Crippen LogP contribution in [0.1, 0.15) is 47.6 Å². The molecule has 2 aromatic rings. The summed E-state index contributed by atoms with van der Waals surface area (Å²) in [6.07, 6.45) is 4.17. The van der Waals surface area contributed by atoms with Crippen LogP contribution in [0, 0.1) is 11.7 Å². The first-order chi connectivity index (χ1) is 14.4. The summed E-state index contributed by atoms with van der Waals surface area (Å²) in [4.78, 5) is 13.0. The number of carbonyl (C=O) groups is 1. The number of benzene rings is 2. The predicted molar refractivity (Wildman–Crippen MR) is 112 cm³/mol. The second-order valence-corrected chi connectivity index (χ2v) is 9.23. The molecule has 2 N–H and O–H groups in total. The molecule has 1 amide bonds. The van der Waals surface area contributed by atoms with Gasteiger partial charge in [-0.1, -0.05) is 31.0 Å². The van der Waals surface area contributed by atoms with Gasteiger partial charge in [0.05, 0.1) is 17.5 Å². The zero-order chi connectivity index (χ0) is 21.6. The molecule has 0 saturated heterocycles. The number of ether oxygens (including phenoxy) is 1. The Bertz CT molecular complexity index is 957. The molecule has 0 heterocycles. The van der Waals surface area contributed by atoms with Gasteiger partial charge in [-0.3, -0.25) is 4.79 Å². The summed E-state index contributed by atoms with van der Waals surface area (Å²) in [6, 6.07) is 11.9. The lowest BCUT2D eigenvalue weighted by Crippen LogP contribution is -2.33. The van der Waals surface area contributed by atoms with E-state index in [2.05, 4.69) is 10.0 Å². The Morgan fingerprint density at radius 3 is 2.53 bits per heavy atom. The van der Waals surface area contributed by atoms with E-state index < -0.39 is 10.0 Å². The second kappa shape index (κ2) is 10.1. The largest absolute Gasteiger partial charge is 0.383 e. The number of rotatable bonds is 9. The molecule has 1 aliphatic rings. The van der Waals surface area contributed by atoms with Crippen molar-refractivity contribution in [1.82, 2.24) is 10.0 Å². The third-order valence-electron chi connectivity index (χ3n) is 5.39. The van der Waals surface area contributed by atoms with E-state index >= 15 is 0 Å². The quantitative estimate of drug-likeness (QED) is 0.593. The molecule has 3 rings (SSSR count).